The van der Waals surface area contributed by atoms with Crippen molar-refractivity contribution in [3.8, 4) is 17.2 Å². The van der Waals surface area contributed by atoms with Crippen LogP contribution in [0.1, 0.15) is 23.6 Å². The van der Waals surface area contributed by atoms with Crippen LogP contribution in [0.5, 0.6) is 17.2 Å². The second-order valence-electron chi connectivity index (χ2n) is 7.04. The Morgan fingerprint density at radius 3 is 2.46 bits per heavy atom. The van der Waals surface area contributed by atoms with Crippen LogP contribution in [0.2, 0.25) is 0 Å². The summed E-state index contributed by atoms with van der Waals surface area (Å²) in [7, 11) is 1.66. The van der Waals surface area contributed by atoms with E-state index >= 15 is 0 Å². The summed E-state index contributed by atoms with van der Waals surface area (Å²) in [5.74, 6) is 2.46. The largest absolute Gasteiger partial charge is 0.497 e. The second kappa shape index (κ2) is 8.91. The highest BCUT2D eigenvalue weighted by atomic mass is 16.5. The summed E-state index contributed by atoms with van der Waals surface area (Å²) >= 11 is 0. The molecule has 0 radical (unpaired) electrons. The Morgan fingerprint density at radius 2 is 1.68 bits per heavy atom. The lowest BCUT2D eigenvalue weighted by atomic mass is 10.0. The van der Waals surface area contributed by atoms with Gasteiger partial charge in [0.2, 0.25) is 0 Å². The van der Waals surface area contributed by atoms with Gasteiger partial charge in [0, 0.05) is 18.6 Å². The average Bonchev–Trinajstić information content (AvgIpc) is 3.22. The van der Waals surface area contributed by atoms with E-state index in [4.69, 9.17) is 9.47 Å². The second-order valence-corrected chi connectivity index (χ2v) is 7.04. The van der Waals surface area contributed by atoms with Crippen LogP contribution in [-0.2, 0) is 6.54 Å². The first-order chi connectivity index (χ1) is 13.8. The quantitative estimate of drug-likeness (QED) is 0.630. The van der Waals surface area contributed by atoms with Gasteiger partial charge in [0.15, 0.2) is 0 Å². The summed E-state index contributed by atoms with van der Waals surface area (Å²) in [5, 5.41) is 7.33. The number of benzene rings is 3. The Morgan fingerprint density at radius 1 is 0.893 bits per heavy atom. The van der Waals surface area contributed by atoms with Crippen LogP contribution in [0.15, 0.2) is 78.9 Å². The highest BCUT2D eigenvalue weighted by Crippen LogP contribution is 2.26. The molecule has 4 nitrogen and oxygen atoms in total. The molecule has 2 N–H and O–H groups in total. The van der Waals surface area contributed by atoms with Gasteiger partial charge in [-0.3, -0.25) is 0 Å². The number of ether oxygens (including phenoxy) is 2. The van der Waals surface area contributed by atoms with Crippen LogP contribution in [-0.4, -0.2) is 19.7 Å². The zero-order valence-corrected chi connectivity index (χ0v) is 16.1. The Bertz CT molecular complexity index is 881. The normalized spacial score (nSPS) is 18.8. The predicted octanol–water partition coefficient (Wildman–Crippen LogP) is 4.68. The van der Waals surface area contributed by atoms with Crippen molar-refractivity contribution >= 4 is 0 Å². The lowest BCUT2D eigenvalue weighted by molar-refractivity contribution is 0.413. The first-order valence-corrected chi connectivity index (χ1v) is 9.74. The third-order valence-corrected chi connectivity index (χ3v) is 5.14. The molecule has 3 aromatic rings. The van der Waals surface area contributed by atoms with E-state index in [9.17, 15) is 0 Å². The molecule has 4 heteroatoms. The highest BCUT2D eigenvalue weighted by molar-refractivity contribution is 5.37. The van der Waals surface area contributed by atoms with Gasteiger partial charge < -0.3 is 20.1 Å². The molecule has 1 aliphatic heterocycles. The van der Waals surface area contributed by atoms with E-state index in [2.05, 4.69) is 53.1 Å². The molecule has 28 heavy (non-hydrogen) atoms. The minimum absolute atomic E-state index is 0.361. The molecule has 4 rings (SSSR count). The molecule has 0 unspecified atom stereocenters. The van der Waals surface area contributed by atoms with Gasteiger partial charge in [-0.1, -0.05) is 42.5 Å². The van der Waals surface area contributed by atoms with E-state index in [0.717, 1.165) is 36.8 Å². The average molecular weight is 374 g/mol. The van der Waals surface area contributed by atoms with Crippen LogP contribution < -0.4 is 20.1 Å². The molecule has 0 aromatic heterocycles. The molecule has 144 valence electrons. The molecule has 2 atom stereocenters. The maximum atomic E-state index is 5.99. The van der Waals surface area contributed by atoms with Gasteiger partial charge in [-0.2, -0.15) is 0 Å². The highest BCUT2D eigenvalue weighted by Gasteiger charge is 2.27. The number of rotatable bonds is 7. The summed E-state index contributed by atoms with van der Waals surface area (Å²) in [6.45, 7) is 1.85. The van der Waals surface area contributed by atoms with Crippen molar-refractivity contribution in [2.75, 3.05) is 13.7 Å². The molecule has 0 bridgehead atoms. The third-order valence-electron chi connectivity index (χ3n) is 5.14. The zero-order valence-electron chi connectivity index (χ0n) is 16.1. The fourth-order valence-corrected chi connectivity index (χ4v) is 3.68. The topological polar surface area (TPSA) is 42.5 Å². The van der Waals surface area contributed by atoms with Crippen LogP contribution in [0.25, 0.3) is 0 Å². The maximum absolute atomic E-state index is 5.99. The Balaban J connectivity index is 1.38. The zero-order chi connectivity index (χ0) is 19.2. The van der Waals surface area contributed by atoms with E-state index in [1.165, 1.54) is 11.1 Å². The van der Waals surface area contributed by atoms with Gasteiger partial charge in [0.05, 0.1) is 7.11 Å². The van der Waals surface area contributed by atoms with Crippen molar-refractivity contribution in [2.24, 2.45) is 0 Å². The Kier molecular flexibility index (Phi) is 5.90. The smallest absolute Gasteiger partial charge is 0.127 e. The van der Waals surface area contributed by atoms with Crippen LogP contribution >= 0.6 is 0 Å². The summed E-state index contributed by atoms with van der Waals surface area (Å²) < 4.78 is 11.2. The molecule has 1 fully saturated rings. The first kappa shape index (κ1) is 18.5. The molecule has 3 aromatic carbocycles. The van der Waals surface area contributed by atoms with E-state index in [0.29, 0.717) is 12.1 Å². The molecule has 0 saturated carbocycles. The van der Waals surface area contributed by atoms with Crippen LogP contribution in [0.4, 0.5) is 0 Å². The molecular weight excluding hydrogens is 348 g/mol. The van der Waals surface area contributed by atoms with Gasteiger partial charge >= 0.3 is 0 Å². The summed E-state index contributed by atoms with van der Waals surface area (Å²) in [4.78, 5) is 0. The molecular formula is C24H26N2O2. The van der Waals surface area contributed by atoms with E-state index < -0.39 is 0 Å². The maximum Gasteiger partial charge on any atom is 0.127 e. The molecule has 1 heterocycles. The molecule has 1 aliphatic rings. The Labute approximate surface area is 166 Å². The van der Waals surface area contributed by atoms with E-state index in [1.807, 2.05) is 36.4 Å². The van der Waals surface area contributed by atoms with Gasteiger partial charge in [0.25, 0.3) is 0 Å². The van der Waals surface area contributed by atoms with Gasteiger partial charge in [0.1, 0.15) is 17.2 Å². The number of hydrogen-bond acceptors (Lipinski definition) is 4. The molecule has 0 aliphatic carbocycles. The van der Waals surface area contributed by atoms with Gasteiger partial charge in [-0.05, 0) is 60.5 Å². The standard InChI is InChI=1S/C24H26N2O2/c1-27-20-10-12-21(13-11-20)28-22-9-5-6-18(16-22)17-26-23-14-15-25-24(23)19-7-3-2-4-8-19/h2-13,16,23-26H,14-15,17H2,1H3/t23-,24-/m0/s1. The lowest BCUT2D eigenvalue weighted by Crippen LogP contribution is -2.33. The van der Waals surface area contributed by atoms with Crippen molar-refractivity contribution < 1.29 is 9.47 Å². The van der Waals surface area contributed by atoms with Crippen LogP contribution in [0, 0.1) is 0 Å². The summed E-state index contributed by atoms with van der Waals surface area (Å²) in [6, 6.07) is 27.3. The van der Waals surface area contributed by atoms with Gasteiger partial charge in [-0.25, -0.2) is 0 Å². The van der Waals surface area contributed by atoms with Crippen molar-refractivity contribution in [3.05, 3.63) is 90.0 Å². The monoisotopic (exact) mass is 374 g/mol. The summed E-state index contributed by atoms with van der Waals surface area (Å²) in [5.41, 5.74) is 2.55. The minimum Gasteiger partial charge on any atom is -0.497 e. The number of methoxy groups -OCH3 is 1. The SMILES string of the molecule is COc1ccc(Oc2cccc(CN[C@H]3CCN[C@H]3c3ccccc3)c2)cc1. The molecule has 1 saturated heterocycles. The Hall–Kier alpha value is -2.82. The van der Waals surface area contributed by atoms with Gasteiger partial charge in [-0.15, -0.1) is 0 Å². The predicted molar refractivity (Wildman–Crippen MR) is 112 cm³/mol. The van der Waals surface area contributed by atoms with E-state index in [1.54, 1.807) is 7.11 Å². The van der Waals surface area contributed by atoms with Crippen LogP contribution in [0.3, 0.4) is 0 Å². The molecule has 0 amide bonds. The number of hydrogen-bond donors (Lipinski definition) is 2. The molecule has 0 spiro atoms. The van der Waals surface area contributed by atoms with Crippen molar-refractivity contribution in [3.63, 3.8) is 0 Å². The number of nitrogens with one attached hydrogen (secondary N) is 2. The van der Waals surface area contributed by atoms with Crippen molar-refractivity contribution in [2.45, 2.75) is 25.0 Å². The minimum atomic E-state index is 0.361. The third kappa shape index (κ3) is 4.53. The fraction of sp³-hybridized carbons (Fsp3) is 0.250. The first-order valence-electron chi connectivity index (χ1n) is 9.74. The van der Waals surface area contributed by atoms with E-state index in [-0.39, 0.29) is 0 Å². The van der Waals surface area contributed by atoms with Crippen molar-refractivity contribution in [1.29, 1.82) is 0 Å². The van der Waals surface area contributed by atoms with Crippen molar-refractivity contribution in [1.82, 2.24) is 10.6 Å². The fourth-order valence-electron chi connectivity index (χ4n) is 3.68. The summed E-state index contributed by atoms with van der Waals surface area (Å²) in [6.07, 6.45) is 1.13. The lowest BCUT2D eigenvalue weighted by Gasteiger charge is -2.21.